The Morgan fingerprint density at radius 2 is 1.00 bits per heavy atom. The fourth-order valence-corrected chi connectivity index (χ4v) is 9.06. The number of carbonyl (C=O) groups excluding carboxylic acids is 1. The standard InChI is InChI=1S/C6H18NSi2.CH2O3.2K.Li/c1-8(2,3)7-9(4,5)6;2-1(3)4;;;/h1-6H3;(H2,2,3,4);;;/q-1;;3*+1/p-2. The molecule has 0 aromatic rings. The van der Waals surface area contributed by atoms with Crippen molar-refractivity contribution in [3.63, 3.8) is 0 Å². The van der Waals surface area contributed by atoms with Crippen molar-refractivity contribution in [2.45, 2.75) is 39.3 Å². The van der Waals surface area contributed by atoms with E-state index in [-0.39, 0.29) is 122 Å². The molecule has 0 unspecified atom stereocenters. The molecule has 0 saturated carbocycles. The van der Waals surface area contributed by atoms with Gasteiger partial charge in [0.1, 0.15) is 0 Å². The van der Waals surface area contributed by atoms with Crippen LogP contribution in [0.2, 0.25) is 39.3 Å². The van der Waals surface area contributed by atoms with Crippen LogP contribution in [0.5, 0.6) is 0 Å². The number of rotatable bonds is 2. The van der Waals surface area contributed by atoms with Gasteiger partial charge in [-0.25, -0.2) is 0 Å². The minimum Gasteiger partial charge on any atom is -0.668 e. The largest absolute Gasteiger partial charge is 1.00 e. The van der Waals surface area contributed by atoms with E-state index in [0.717, 1.165) is 0 Å². The molecule has 0 aromatic heterocycles. The molecule has 80 valence electrons. The Bertz CT molecular complexity index is 158. The summed E-state index contributed by atoms with van der Waals surface area (Å²) in [5.41, 5.74) is 0. The van der Waals surface area contributed by atoms with Crippen molar-refractivity contribution in [2.24, 2.45) is 0 Å². The van der Waals surface area contributed by atoms with Gasteiger partial charge in [0.05, 0.1) is 0 Å². The first-order valence-corrected chi connectivity index (χ1v) is 11.0. The number of hydrogen-bond acceptors (Lipinski definition) is 3. The molecular weight excluding hydrogens is 287 g/mol. The zero-order chi connectivity index (χ0) is 11.3. The molecule has 0 aliphatic rings. The number of carboxylic acid groups (broad SMARTS) is 2. The van der Waals surface area contributed by atoms with Crippen molar-refractivity contribution >= 4 is 22.6 Å². The van der Waals surface area contributed by atoms with Crippen LogP contribution < -0.4 is 132 Å². The van der Waals surface area contributed by atoms with E-state index in [4.69, 9.17) is 19.7 Å². The number of carbonyl (C=O) groups is 1. The maximum absolute atomic E-state index is 8.33. The molecule has 0 saturated heterocycles. The third-order valence-corrected chi connectivity index (χ3v) is 6.04. The molecule has 16 heavy (non-hydrogen) atoms. The van der Waals surface area contributed by atoms with Crippen LogP contribution in [0.15, 0.2) is 0 Å². The molecule has 0 atom stereocenters. The summed E-state index contributed by atoms with van der Waals surface area (Å²) in [5, 5.41) is 16.7. The third kappa shape index (κ3) is 52.7. The zero-order valence-corrected chi connectivity index (χ0v) is 20.4. The number of hydrogen-bond donors (Lipinski definition) is 0. The molecule has 0 aliphatic heterocycles. The van der Waals surface area contributed by atoms with Crippen LogP contribution in [0.4, 0.5) is 4.79 Å². The molecule has 0 fully saturated rings. The van der Waals surface area contributed by atoms with Crippen molar-refractivity contribution in [2.75, 3.05) is 0 Å². The number of nitrogens with zero attached hydrogens (tertiary/aromatic N) is 1. The molecule has 0 spiro atoms. The van der Waals surface area contributed by atoms with E-state index in [9.17, 15) is 0 Å². The Kier molecular flexibility index (Phi) is 29.6. The topological polar surface area (TPSA) is 77.3 Å². The molecule has 9 heteroatoms. The minimum atomic E-state index is -2.33. The molecule has 0 aromatic carbocycles. The Morgan fingerprint density at radius 1 is 0.875 bits per heavy atom. The first kappa shape index (κ1) is 31.8. The van der Waals surface area contributed by atoms with Gasteiger partial charge in [0.25, 0.3) is 0 Å². The fourth-order valence-electron chi connectivity index (χ4n) is 1.01. The molecule has 0 rings (SSSR count). The monoisotopic (exact) mass is 305 g/mol. The zero-order valence-electron chi connectivity index (χ0n) is 12.2. The molecular formula is C7H18K2LiNO3Si2. The molecule has 0 radical (unpaired) electrons. The van der Waals surface area contributed by atoms with Crippen LogP contribution in [0, 0.1) is 0 Å². The Labute approximate surface area is 198 Å². The van der Waals surface area contributed by atoms with Crippen LogP contribution in [-0.4, -0.2) is 22.6 Å². The average molecular weight is 306 g/mol. The average Bonchev–Trinajstić information content (AvgIpc) is 1.47. The first-order chi connectivity index (χ1) is 5.44. The van der Waals surface area contributed by atoms with Crippen molar-refractivity contribution < 1.29 is 137 Å². The first-order valence-electron chi connectivity index (χ1n) is 4.06. The van der Waals surface area contributed by atoms with Gasteiger partial charge in [-0.2, -0.15) is 0 Å². The maximum Gasteiger partial charge on any atom is 1.00 e. The summed E-state index contributed by atoms with van der Waals surface area (Å²) in [4.78, 5) is 8.33. The predicted molar refractivity (Wildman–Crippen MR) is 55.4 cm³/mol. The minimum absolute atomic E-state index is 0. The summed E-state index contributed by atoms with van der Waals surface area (Å²) in [6.45, 7) is 13.8. The van der Waals surface area contributed by atoms with Gasteiger partial charge in [-0.05, 0) is 6.16 Å². The van der Waals surface area contributed by atoms with Gasteiger partial charge in [-0.1, -0.05) is 55.8 Å². The van der Waals surface area contributed by atoms with Gasteiger partial charge >= 0.3 is 122 Å². The van der Waals surface area contributed by atoms with Crippen LogP contribution in [0.3, 0.4) is 0 Å². The predicted octanol–water partition coefficient (Wildman–Crippen LogP) is -8.41. The molecule has 0 bridgehead atoms. The summed E-state index contributed by atoms with van der Waals surface area (Å²) >= 11 is 0. The van der Waals surface area contributed by atoms with Crippen LogP contribution in [0.1, 0.15) is 0 Å². The van der Waals surface area contributed by atoms with E-state index in [0.29, 0.717) is 0 Å². The molecule has 4 nitrogen and oxygen atoms in total. The van der Waals surface area contributed by atoms with Gasteiger partial charge in [0.2, 0.25) is 0 Å². The normalized spacial score (nSPS) is 9.38. The van der Waals surface area contributed by atoms with E-state index < -0.39 is 22.6 Å². The SMILES string of the molecule is C[Si](C)(C)[N-][Si](C)(C)C.O=C([O-])[O-].[K+].[K+].[Li+]. The fraction of sp³-hybridized carbons (Fsp3) is 0.857. The molecule has 0 N–H and O–H groups in total. The second kappa shape index (κ2) is 14.9. The van der Waals surface area contributed by atoms with Crippen LogP contribution in [0.25, 0.3) is 4.65 Å². The molecule has 0 amide bonds. The quantitative estimate of drug-likeness (QED) is 0.476. The van der Waals surface area contributed by atoms with Gasteiger partial charge in [0.15, 0.2) is 0 Å². The van der Waals surface area contributed by atoms with E-state index in [1.165, 1.54) is 0 Å². The van der Waals surface area contributed by atoms with Gasteiger partial charge < -0.3 is 19.7 Å². The van der Waals surface area contributed by atoms with Crippen molar-refractivity contribution in [1.82, 2.24) is 0 Å². The Balaban J connectivity index is -0.0000000511. The van der Waals surface area contributed by atoms with E-state index >= 15 is 0 Å². The van der Waals surface area contributed by atoms with E-state index in [1.54, 1.807) is 0 Å². The van der Waals surface area contributed by atoms with E-state index in [1.807, 2.05) is 0 Å². The van der Waals surface area contributed by atoms with Crippen molar-refractivity contribution in [3.05, 3.63) is 4.65 Å². The van der Waals surface area contributed by atoms with Crippen LogP contribution >= 0.6 is 0 Å². The van der Waals surface area contributed by atoms with Crippen LogP contribution in [-0.2, 0) is 0 Å². The van der Waals surface area contributed by atoms with Gasteiger partial charge in [-0.3, -0.25) is 0 Å². The maximum atomic E-state index is 8.33. The van der Waals surface area contributed by atoms with E-state index in [2.05, 4.69) is 39.3 Å². The van der Waals surface area contributed by atoms with Crippen molar-refractivity contribution in [3.8, 4) is 0 Å². The smallest absolute Gasteiger partial charge is 0.668 e. The third-order valence-electron chi connectivity index (χ3n) is 0.671. The van der Waals surface area contributed by atoms with Crippen molar-refractivity contribution in [1.29, 1.82) is 0 Å². The Hall–Kier alpha value is 3.53. The second-order valence-electron chi connectivity index (χ2n) is 4.70. The molecule has 0 heterocycles. The summed E-state index contributed by atoms with van der Waals surface area (Å²) < 4.78 is 4.82. The summed E-state index contributed by atoms with van der Waals surface area (Å²) in [7, 11) is -2.21. The summed E-state index contributed by atoms with van der Waals surface area (Å²) in [5.74, 6) is 0. The van der Waals surface area contributed by atoms with Gasteiger partial charge in [0, 0.05) is 0 Å². The summed E-state index contributed by atoms with van der Waals surface area (Å²) in [6.07, 6.45) is -2.33. The second-order valence-corrected chi connectivity index (χ2v) is 14.3. The summed E-state index contributed by atoms with van der Waals surface area (Å²) in [6, 6.07) is 0. The Morgan fingerprint density at radius 3 is 1.00 bits per heavy atom. The molecule has 0 aliphatic carbocycles. The van der Waals surface area contributed by atoms with Gasteiger partial charge in [-0.15, -0.1) is 0 Å².